The lowest BCUT2D eigenvalue weighted by molar-refractivity contribution is 0.151. The van der Waals surface area contributed by atoms with Crippen molar-refractivity contribution in [2.45, 2.75) is 57.2 Å². The van der Waals surface area contributed by atoms with Crippen LogP contribution >= 0.6 is 11.6 Å². The van der Waals surface area contributed by atoms with E-state index in [1.54, 1.807) is 0 Å². The van der Waals surface area contributed by atoms with Crippen molar-refractivity contribution in [2.75, 3.05) is 13.6 Å². The monoisotopic (exact) mass is 306 g/mol. The largest absolute Gasteiger partial charge is 0.310 e. The molecule has 0 aromatic heterocycles. The third-order valence-corrected chi connectivity index (χ3v) is 5.54. The van der Waals surface area contributed by atoms with Crippen LogP contribution in [0.15, 0.2) is 24.3 Å². The molecule has 116 valence electrons. The predicted octanol–water partition coefficient (Wildman–Crippen LogP) is 4.08. The van der Waals surface area contributed by atoms with Gasteiger partial charge in [0.2, 0.25) is 0 Å². The van der Waals surface area contributed by atoms with E-state index >= 15 is 0 Å². The molecule has 1 aromatic rings. The van der Waals surface area contributed by atoms with E-state index < -0.39 is 0 Å². The molecule has 0 spiro atoms. The summed E-state index contributed by atoms with van der Waals surface area (Å²) in [6.45, 7) is 2.06. The van der Waals surface area contributed by atoms with Gasteiger partial charge in [0.15, 0.2) is 0 Å². The van der Waals surface area contributed by atoms with E-state index in [0.717, 1.165) is 30.1 Å². The van der Waals surface area contributed by atoms with Crippen molar-refractivity contribution in [1.29, 1.82) is 0 Å². The maximum atomic E-state index is 6.26. The topological polar surface area (TPSA) is 15.3 Å². The molecule has 1 aromatic carbocycles. The van der Waals surface area contributed by atoms with E-state index in [4.69, 9.17) is 11.6 Å². The zero-order chi connectivity index (χ0) is 14.7. The van der Waals surface area contributed by atoms with Crippen molar-refractivity contribution in [3.63, 3.8) is 0 Å². The number of likely N-dealkylation sites (N-methyl/N-ethyl adjacent to an activating group) is 1. The van der Waals surface area contributed by atoms with Crippen molar-refractivity contribution in [1.82, 2.24) is 10.2 Å². The van der Waals surface area contributed by atoms with E-state index in [-0.39, 0.29) is 0 Å². The lowest BCUT2D eigenvalue weighted by Crippen LogP contribution is -2.52. The van der Waals surface area contributed by atoms with Crippen LogP contribution in [-0.2, 0) is 6.54 Å². The lowest BCUT2D eigenvalue weighted by Gasteiger charge is -2.41. The van der Waals surface area contributed by atoms with Gasteiger partial charge >= 0.3 is 0 Å². The summed E-state index contributed by atoms with van der Waals surface area (Å²) in [7, 11) is 2.21. The van der Waals surface area contributed by atoms with Crippen LogP contribution in [-0.4, -0.2) is 30.6 Å². The van der Waals surface area contributed by atoms with Crippen molar-refractivity contribution in [3.05, 3.63) is 34.9 Å². The molecule has 21 heavy (non-hydrogen) atoms. The van der Waals surface area contributed by atoms with Gasteiger partial charge in [0.25, 0.3) is 0 Å². The number of nitrogens with zero attached hydrogens (tertiary/aromatic N) is 1. The molecule has 3 rings (SSSR count). The molecule has 3 heteroatoms. The molecular formula is C18H27ClN2. The second-order valence-corrected chi connectivity index (χ2v) is 7.29. The summed E-state index contributed by atoms with van der Waals surface area (Å²) in [6.07, 6.45) is 8.43. The molecule has 3 atom stereocenters. The van der Waals surface area contributed by atoms with Gasteiger partial charge in [-0.15, -0.1) is 0 Å². The summed E-state index contributed by atoms with van der Waals surface area (Å²) in [5.41, 5.74) is 1.23. The van der Waals surface area contributed by atoms with Gasteiger partial charge in [0, 0.05) is 30.2 Å². The van der Waals surface area contributed by atoms with Crippen LogP contribution in [0.4, 0.5) is 0 Å². The SMILES string of the molecule is CN(Cc1ccccc1Cl)CC1CCC2CCCCC2N1. The van der Waals surface area contributed by atoms with E-state index in [2.05, 4.69) is 29.4 Å². The van der Waals surface area contributed by atoms with Crippen LogP contribution in [0, 0.1) is 5.92 Å². The summed E-state index contributed by atoms with van der Waals surface area (Å²) in [4.78, 5) is 2.40. The Morgan fingerprint density at radius 3 is 2.81 bits per heavy atom. The number of fused-ring (bicyclic) bond motifs is 1. The van der Waals surface area contributed by atoms with Gasteiger partial charge in [0.05, 0.1) is 0 Å². The minimum Gasteiger partial charge on any atom is -0.310 e. The van der Waals surface area contributed by atoms with E-state index in [1.165, 1.54) is 44.1 Å². The summed E-state index contributed by atoms with van der Waals surface area (Å²) < 4.78 is 0. The van der Waals surface area contributed by atoms with Gasteiger partial charge in [-0.25, -0.2) is 0 Å². The smallest absolute Gasteiger partial charge is 0.0451 e. The Balaban J connectivity index is 1.51. The fourth-order valence-corrected chi connectivity index (χ4v) is 4.27. The zero-order valence-corrected chi connectivity index (χ0v) is 13.8. The Bertz CT molecular complexity index is 462. The Kier molecular flexibility index (Phi) is 5.20. The van der Waals surface area contributed by atoms with Crippen LogP contribution in [0.25, 0.3) is 0 Å². The van der Waals surface area contributed by atoms with Gasteiger partial charge in [-0.05, 0) is 50.3 Å². The van der Waals surface area contributed by atoms with E-state index in [1.807, 2.05) is 12.1 Å². The molecule has 0 amide bonds. The highest BCUT2D eigenvalue weighted by Crippen LogP contribution is 2.32. The fraction of sp³-hybridized carbons (Fsp3) is 0.667. The maximum absolute atomic E-state index is 6.26. The first-order chi connectivity index (χ1) is 10.2. The summed E-state index contributed by atoms with van der Waals surface area (Å²) in [6, 6.07) is 9.61. The van der Waals surface area contributed by atoms with Gasteiger partial charge in [0.1, 0.15) is 0 Å². The van der Waals surface area contributed by atoms with Crippen molar-refractivity contribution in [3.8, 4) is 0 Å². The van der Waals surface area contributed by atoms with E-state index in [9.17, 15) is 0 Å². The molecule has 1 aliphatic heterocycles. The second-order valence-electron chi connectivity index (χ2n) is 6.88. The molecule has 1 heterocycles. The molecule has 2 fully saturated rings. The Morgan fingerprint density at radius 1 is 1.14 bits per heavy atom. The molecule has 1 aliphatic carbocycles. The minimum absolute atomic E-state index is 0.650. The number of rotatable bonds is 4. The van der Waals surface area contributed by atoms with Gasteiger partial charge in [-0.3, -0.25) is 0 Å². The van der Waals surface area contributed by atoms with Crippen LogP contribution in [0.3, 0.4) is 0 Å². The standard InChI is InChI=1S/C18H27ClN2/c1-21(12-15-7-2-4-8-17(15)19)13-16-11-10-14-6-3-5-9-18(14)20-16/h2,4,7-8,14,16,18,20H,3,5-6,9-13H2,1H3. The minimum atomic E-state index is 0.650. The average molecular weight is 307 g/mol. The van der Waals surface area contributed by atoms with Crippen LogP contribution in [0.5, 0.6) is 0 Å². The predicted molar refractivity (Wildman–Crippen MR) is 89.7 cm³/mol. The Morgan fingerprint density at radius 2 is 1.95 bits per heavy atom. The maximum Gasteiger partial charge on any atom is 0.0451 e. The number of piperidine rings is 1. The molecule has 0 bridgehead atoms. The van der Waals surface area contributed by atoms with Crippen molar-refractivity contribution in [2.24, 2.45) is 5.92 Å². The third kappa shape index (κ3) is 4.00. The molecule has 0 radical (unpaired) electrons. The van der Waals surface area contributed by atoms with E-state index in [0.29, 0.717) is 6.04 Å². The fourth-order valence-electron chi connectivity index (χ4n) is 4.08. The lowest BCUT2D eigenvalue weighted by atomic mass is 9.78. The van der Waals surface area contributed by atoms with Crippen LogP contribution < -0.4 is 5.32 Å². The molecule has 1 saturated carbocycles. The first-order valence-corrected chi connectivity index (χ1v) is 8.78. The molecule has 1 saturated heterocycles. The van der Waals surface area contributed by atoms with Gasteiger partial charge in [-0.1, -0.05) is 42.6 Å². The van der Waals surface area contributed by atoms with Gasteiger partial charge < -0.3 is 10.2 Å². The van der Waals surface area contributed by atoms with Crippen molar-refractivity contribution >= 4 is 11.6 Å². The summed E-state index contributed by atoms with van der Waals surface area (Å²) >= 11 is 6.26. The normalized spacial score (nSPS) is 29.4. The van der Waals surface area contributed by atoms with Crippen LogP contribution in [0.2, 0.25) is 5.02 Å². The first kappa shape index (κ1) is 15.3. The molecule has 1 N–H and O–H groups in total. The zero-order valence-electron chi connectivity index (χ0n) is 13.0. The highest BCUT2D eigenvalue weighted by Gasteiger charge is 2.31. The van der Waals surface area contributed by atoms with Crippen molar-refractivity contribution < 1.29 is 0 Å². The van der Waals surface area contributed by atoms with Crippen LogP contribution in [0.1, 0.15) is 44.1 Å². The first-order valence-electron chi connectivity index (χ1n) is 8.40. The highest BCUT2D eigenvalue weighted by molar-refractivity contribution is 6.31. The number of nitrogens with one attached hydrogen (secondary N) is 1. The van der Waals surface area contributed by atoms with Gasteiger partial charge in [-0.2, -0.15) is 0 Å². The third-order valence-electron chi connectivity index (χ3n) is 5.17. The quantitative estimate of drug-likeness (QED) is 0.901. The Labute approximate surface area is 133 Å². The molecular weight excluding hydrogens is 280 g/mol. The second kappa shape index (κ2) is 7.13. The number of hydrogen-bond acceptors (Lipinski definition) is 2. The summed E-state index contributed by atoms with van der Waals surface area (Å²) in [5.74, 6) is 0.948. The average Bonchev–Trinajstić information content (AvgIpc) is 2.49. The number of hydrogen-bond donors (Lipinski definition) is 1. The summed E-state index contributed by atoms with van der Waals surface area (Å²) in [5, 5.41) is 4.79. The molecule has 2 nitrogen and oxygen atoms in total. The number of halogens is 1. The number of benzene rings is 1. The molecule has 3 unspecified atom stereocenters. The molecule has 2 aliphatic rings. The Hall–Kier alpha value is -0.570. The highest BCUT2D eigenvalue weighted by atomic mass is 35.5.